The number of aryl methyl sites for hydroxylation is 1. The summed E-state index contributed by atoms with van der Waals surface area (Å²) in [4.78, 5) is 4.71. The van der Waals surface area contributed by atoms with Crippen LogP contribution in [0, 0.1) is 16.7 Å². The zero-order chi connectivity index (χ0) is 14.7. The van der Waals surface area contributed by atoms with Crippen molar-refractivity contribution in [2.24, 2.45) is 16.7 Å². The Kier molecular flexibility index (Phi) is 2.82. The molecular formula is C17H26N2O2. The van der Waals surface area contributed by atoms with Crippen LogP contribution in [0.2, 0.25) is 0 Å². The van der Waals surface area contributed by atoms with Crippen molar-refractivity contribution in [3.8, 4) is 0 Å². The number of aliphatic hydroxyl groups is 1. The third-order valence-electron chi connectivity index (χ3n) is 6.12. The van der Waals surface area contributed by atoms with Crippen molar-refractivity contribution in [1.82, 2.24) is 10.1 Å². The maximum absolute atomic E-state index is 8.94. The summed E-state index contributed by atoms with van der Waals surface area (Å²) in [6.07, 6.45) is 9.24. The van der Waals surface area contributed by atoms with Gasteiger partial charge in [0, 0.05) is 18.4 Å². The van der Waals surface area contributed by atoms with Gasteiger partial charge in [0.1, 0.15) is 0 Å². The molecule has 0 saturated heterocycles. The largest absolute Gasteiger partial charge is 0.396 e. The third-order valence-corrected chi connectivity index (χ3v) is 6.12. The Balaban J connectivity index is 1.66. The fraction of sp³-hybridized carbons (Fsp3) is 0.882. The molecule has 4 nitrogen and oxygen atoms in total. The van der Waals surface area contributed by atoms with Crippen LogP contribution in [0.3, 0.4) is 0 Å². The monoisotopic (exact) mass is 290 g/mol. The minimum Gasteiger partial charge on any atom is -0.396 e. The highest BCUT2D eigenvalue weighted by Crippen LogP contribution is 2.69. The van der Waals surface area contributed by atoms with Crippen LogP contribution >= 0.6 is 0 Å². The fourth-order valence-corrected chi connectivity index (χ4v) is 6.50. The highest BCUT2D eigenvalue weighted by atomic mass is 16.5. The first-order chi connectivity index (χ1) is 9.94. The van der Waals surface area contributed by atoms with Crippen molar-refractivity contribution in [3.63, 3.8) is 0 Å². The van der Waals surface area contributed by atoms with Crippen LogP contribution in [-0.4, -0.2) is 21.9 Å². The number of aliphatic hydroxyl groups excluding tert-OH is 1. The van der Waals surface area contributed by atoms with Crippen molar-refractivity contribution < 1.29 is 9.63 Å². The number of aromatic nitrogens is 2. The molecule has 0 radical (unpaired) electrons. The third kappa shape index (κ3) is 2.14. The summed E-state index contributed by atoms with van der Waals surface area (Å²) in [7, 11) is 0. The molecule has 0 spiro atoms. The van der Waals surface area contributed by atoms with Crippen LogP contribution < -0.4 is 0 Å². The van der Waals surface area contributed by atoms with E-state index in [0.29, 0.717) is 29.6 Å². The average molecular weight is 290 g/mol. The van der Waals surface area contributed by atoms with E-state index in [9.17, 15) is 0 Å². The highest BCUT2D eigenvalue weighted by Gasteiger charge is 2.62. The Labute approximate surface area is 126 Å². The quantitative estimate of drug-likeness (QED) is 0.924. The maximum Gasteiger partial charge on any atom is 0.226 e. The molecule has 116 valence electrons. The molecule has 4 heteroatoms. The smallest absolute Gasteiger partial charge is 0.226 e. The van der Waals surface area contributed by atoms with Gasteiger partial charge in [0.15, 0.2) is 5.82 Å². The van der Waals surface area contributed by atoms with E-state index in [0.717, 1.165) is 11.7 Å². The zero-order valence-corrected chi connectivity index (χ0v) is 13.2. The Hall–Kier alpha value is -0.900. The van der Waals surface area contributed by atoms with Crippen molar-refractivity contribution in [2.75, 3.05) is 6.61 Å². The van der Waals surface area contributed by atoms with Gasteiger partial charge in [-0.05, 0) is 61.7 Å². The van der Waals surface area contributed by atoms with Crippen molar-refractivity contribution in [1.29, 1.82) is 0 Å². The van der Waals surface area contributed by atoms with E-state index in [1.807, 2.05) is 0 Å². The Morgan fingerprint density at radius 2 is 1.86 bits per heavy atom. The number of rotatable bonds is 4. The van der Waals surface area contributed by atoms with Gasteiger partial charge in [0.25, 0.3) is 0 Å². The lowest BCUT2D eigenvalue weighted by molar-refractivity contribution is -0.113. The van der Waals surface area contributed by atoms with E-state index in [1.54, 1.807) is 0 Å². The van der Waals surface area contributed by atoms with Crippen LogP contribution in [0.25, 0.3) is 0 Å². The summed E-state index contributed by atoms with van der Waals surface area (Å²) in [5.74, 6) is 2.50. The van der Waals surface area contributed by atoms with E-state index in [4.69, 9.17) is 14.6 Å². The first-order valence-corrected chi connectivity index (χ1v) is 8.38. The summed E-state index contributed by atoms with van der Waals surface area (Å²) >= 11 is 0. The summed E-state index contributed by atoms with van der Waals surface area (Å²) in [5.41, 5.74) is 1.10. The molecular weight excluding hydrogens is 264 g/mol. The molecule has 21 heavy (non-hydrogen) atoms. The first kappa shape index (κ1) is 13.7. The van der Waals surface area contributed by atoms with Crippen molar-refractivity contribution >= 4 is 0 Å². The number of hydrogen-bond donors (Lipinski definition) is 1. The average Bonchev–Trinajstić information content (AvgIpc) is 2.81. The summed E-state index contributed by atoms with van der Waals surface area (Å²) < 4.78 is 5.45. The lowest BCUT2D eigenvalue weighted by atomic mass is 9.40. The summed E-state index contributed by atoms with van der Waals surface area (Å²) in [6, 6.07) is 0. The summed E-state index contributed by atoms with van der Waals surface area (Å²) in [5, 5.41) is 13.3. The Morgan fingerprint density at radius 3 is 2.48 bits per heavy atom. The Bertz CT molecular complexity index is 535. The molecule has 4 aliphatic rings. The second-order valence-electron chi connectivity index (χ2n) is 8.75. The molecule has 2 unspecified atom stereocenters. The number of nitrogens with zero attached hydrogens (tertiary/aromatic N) is 2. The molecule has 1 N–H and O–H groups in total. The van der Waals surface area contributed by atoms with Crippen LogP contribution in [0.1, 0.15) is 70.5 Å². The van der Waals surface area contributed by atoms with E-state index in [2.05, 4.69) is 19.0 Å². The molecule has 5 rings (SSSR count). The molecule has 0 aromatic carbocycles. The van der Waals surface area contributed by atoms with Gasteiger partial charge < -0.3 is 9.63 Å². The van der Waals surface area contributed by atoms with E-state index in [1.165, 1.54) is 38.5 Å². The van der Waals surface area contributed by atoms with Gasteiger partial charge in [-0.2, -0.15) is 4.98 Å². The molecule has 0 aliphatic heterocycles. The molecule has 4 saturated carbocycles. The van der Waals surface area contributed by atoms with Crippen molar-refractivity contribution in [2.45, 2.75) is 70.6 Å². The second kappa shape index (κ2) is 4.31. The normalized spacial score (nSPS) is 44.4. The standard InChI is InChI=1S/C17H26N2O2/c1-15-6-12-7-16(2,9-15)11-17(8-12,10-15)14-18-13(21-19-14)4-3-5-20/h12,20H,3-11H2,1-2H3. The lowest BCUT2D eigenvalue weighted by Crippen LogP contribution is -2.57. The zero-order valence-electron chi connectivity index (χ0n) is 13.2. The predicted octanol–water partition coefficient (Wildman–Crippen LogP) is 3.24. The molecule has 1 aromatic rings. The van der Waals surface area contributed by atoms with Crippen LogP contribution in [-0.2, 0) is 11.8 Å². The fourth-order valence-electron chi connectivity index (χ4n) is 6.50. The van der Waals surface area contributed by atoms with E-state index < -0.39 is 0 Å². The minimum absolute atomic E-state index is 0.157. The molecule has 2 atom stereocenters. The van der Waals surface area contributed by atoms with Gasteiger partial charge in [-0.1, -0.05) is 19.0 Å². The van der Waals surface area contributed by atoms with Gasteiger partial charge in [-0.25, -0.2) is 0 Å². The first-order valence-electron chi connectivity index (χ1n) is 8.38. The lowest BCUT2D eigenvalue weighted by Gasteiger charge is -2.64. The molecule has 4 aliphatic carbocycles. The number of hydrogen-bond acceptors (Lipinski definition) is 4. The van der Waals surface area contributed by atoms with E-state index in [-0.39, 0.29) is 12.0 Å². The minimum atomic E-state index is 0.157. The van der Waals surface area contributed by atoms with Crippen LogP contribution in [0.4, 0.5) is 0 Å². The molecule has 1 aromatic heterocycles. The van der Waals surface area contributed by atoms with Crippen LogP contribution in [0.5, 0.6) is 0 Å². The molecule has 4 fully saturated rings. The SMILES string of the molecule is CC12CC3CC(C)(C1)CC(c1noc(CCCO)n1)(C3)C2. The molecule has 1 heterocycles. The van der Waals surface area contributed by atoms with Gasteiger partial charge in [-0.3, -0.25) is 0 Å². The van der Waals surface area contributed by atoms with Gasteiger partial charge >= 0.3 is 0 Å². The predicted molar refractivity (Wildman–Crippen MR) is 78.8 cm³/mol. The van der Waals surface area contributed by atoms with Crippen molar-refractivity contribution in [3.05, 3.63) is 11.7 Å². The topological polar surface area (TPSA) is 59.2 Å². The molecule has 4 bridgehead atoms. The highest BCUT2D eigenvalue weighted by molar-refractivity contribution is 5.21. The maximum atomic E-state index is 8.94. The summed E-state index contributed by atoms with van der Waals surface area (Å²) in [6.45, 7) is 5.12. The van der Waals surface area contributed by atoms with Gasteiger partial charge in [0.05, 0.1) is 0 Å². The van der Waals surface area contributed by atoms with Crippen LogP contribution in [0.15, 0.2) is 4.52 Å². The Morgan fingerprint density at radius 1 is 1.14 bits per heavy atom. The molecule has 0 amide bonds. The second-order valence-corrected chi connectivity index (χ2v) is 8.75. The van der Waals surface area contributed by atoms with E-state index >= 15 is 0 Å². The van der Waals surface area contributed by atoms with Gasteiger partial charge in [-0.15, -0.1) is 0 Å². The van der Waals surface area contributed by atoms with Gasteiger partial charge in [0.2, 0.25) is 5.89 Å².